The van der Waals surface area contributed by atoms with Crippen LogP contribution in [0.2, 0.25) is 0 Å². The number of para-hydroxylation sites is 1. The smallest absolute Gasteiger partial charge is 0.224 e. The lowest BCUT2D eigenvalue weighted by atomic mass is 10.1. The molecule has 2 nitrogen and oxygen atoms in total. The van der Waals surface area contributed by atoms with E-state index in [9.17, 15) is 4.79 Å². The van der Waals surface area contributed by atoms with Gasteiger partial charge in [-0.25, -0.2) is 0 Å². The molecule has 1 aromatic rings. The standard InChI is InChI=1S/C12H17NO.H2/c1-3-7-10-8-5-6-9-11(10)13-12(14)4-2;/h5-6,8-9H,3-4,7H2,1-2H3,(H,13,14);1H. The zero-order chi connectivity index (χ0) is 10.4. The van der Waals surface area contributed by atoms with E-state index in [2.05, 4.69) is 18.3 Å². The summed E-state index contributed by atoms with van der Waals surface area (Å²) in [6.07, 6.45) is 2.64. The number of benzene rings is 1. The summed E-state index contributed by atoms with van der Waals surface area (Å²) in [6, 6.07) is 7.98. The number of rotatable bonds is 4. The van der Waals surface area contributed by atoms with Crippen LogP contribution < -0.4 is 5.32 Å². The average Bonchev–Trinajstić information content (AvgIpc) is 2.21. The predicted octanol–water partition coefficient (Wildman–Crippen LogP) is 3.23. The summed E-state index contributed by atoms with van der Waals surface area (Å²) in [5, 5.41) is 2.91. The first kappa shape index (κ1) is 10.8. The van der Waals surface area contributed by atoms with E-state index in [0.717, 1.165) is 18.5 Å². The monoisotopic (exact) mass is 193 g/mol. The fraction of sp³-hybridized carbons (Fsp3) is 0.417. The van der Waals surface area contributed by atoms with Crippen LogP contribution in [0, 0.1) is 0 Å². The zero-order valence-corrected chi connectivity index (χ0v) is 8.84. The maximum atomic E-state index is 11.2. The molecule has 0 bridgehead atoms. The van der Waals surface area contributed by atoms with E-state index in [1.807, 2.05) is 25.1 Å². The highest BCUT2D eigenvalue weighted by Gasteiger charge is 2.03. The third-order valence-corrected chi connectivity index (χ3v) is 2.13. The molecule has 0 aliphatic rings. The van der Waals surface area contributed by atoms with E-state index in [0.29, 0.717) is 6.42 Å². The van der Waals surface area contributed by atoms with Crippen molar-refractivity contribution in [2.75, 3.05) is 5.32 Å². The minimum absolute atomic E-state index is 0. The molecule has 78 valence electrons. The van der Waals surface area contributed by atoms with Crippen molar-refractivity contribution in [3.05, 3.63) is 29.8 Å². The van der Waals surface area contributed by atoms with Crippen molar-refractivity contribution in [1.29, 1.82) is 0 Å². The van der Waals surface area contributed by atoms with Crippen LogP contribution in [0.15, 0.2) is 24.3 Å². The first-order valence-electron chi connectivity index (χ1n) is 5.15. The van der Waals surface area contributed by atoms with Crippen molar-refractivity contribution in [2.45, 2.75) is 33.1 Å². The molecule has 14 heavy (non-hydrogen) atoms. The Morgan fingerprint density at radius 3 is 2.71 bits per heavy atom. The average molecular weight is 193 g/mol. The summed E-state index contributed by atoms with van der Waals surface area (Å²) in [4.78, 5) is 11.2. The Hall–Kier alpha value is -1.31. The lowest BCUT2D eigenvalue weighted by Crippen LogP contribution is -2.11. The molecule has 0 saturated heterocycles. The van der Waals surface area contributed by atoms with Gasteiger partial charge in [-0.15, -0.1) is 0 Å². The first-order valence-corrected chi connectivity index (χ1v) is 5.15. The molecule has 0 atom stereocenters. The third kappa shape index (κ3) is 2.87. The largest absolute Gasteiger partial charge is 0.326 e. The van der Waals surface area contributed by atoms with Gasteiger partial charge in [0.1, 0.15) is 0 Å². The molecule has 2 heteroatoms. The maximum absolute atomic E-state index is 11.2. The van der Waals surface area contributed by atoms with Crippen LogP contribution in [-0.4, -0.2) is 5.91 Å². The highest BCUT2D eigenvalue weighted by Crippen LogP contribution is 2.16. The van der Waals surface area contributed by atoms with E-state index < -0.39 is 0 Å². The molecule has 1 N–H and O–H groups in total. The van der Waals surface area contributed by atoms with Crippen molar-refractivity contribution in [3.63, 3.8) is 0 Å². The van der Waals surface area contributed by atoms with Gasteiger partial charge in [0, 0.05) is 13.5 Å². The second-order valence-electron chi connectivity index (χ2n) is 3.31. The summed E-state index contributed by atoms with van der Waals surface area (Å²) in [7, 11) is 0. The predicted molar refractivity (Wildman–Crippen MR) is 61.5 cm³/mol. The van der Waals surface area contributed by atoms with Gasteiger partial charge < -0.3 is 5.32 Å². The number of nitrogens with one attached hydrogen (secondary N) is 1. The lowest BCUT2D eigenvalue weighted by molar-refractivity contribution is -0.115. The molecule has 0 heterocycles. The number of aryl methyl sites for hydroxylation is 1. The molecule has 0 spiro atoms. The molecule has 1 rings (SSSR count). The number of amides is 1. The molecule has 1 aromatic carbocycles. The second kappa shape index (κ2) is 5.43. The van der Waals surface area contributed by atoms with Gasteiger partial charge in [0.2, 0.25) is 5.91 Å². The zero-order valence-electron chi connectivity index (χ0n) is 8.84. The van der Waals surface area contributed by atoms with Crippen LogP contribution in [0.5, 0.6) is 0 Å². The van der Waals surface area contributed by atoms with Gasteiger partial charge in [0.05, 0.1) is 0 Å². The minimum Gasteiger partial charge on any atom is -0.326 e. The van der Waals surface area contributed by atoms with E-state index in [4.69, 9.17) is 0 Å². The van der Waals surface area contributed by atoms with E-state index in [-0.39, 0.29) is 7.33 Å². The van der Waals surface area contributed by atoms with E-state index in [1.165, 1.54) is 5.56 Å². The molecule has 0 aliphatic heterocycles. The van der Waals surface area contributed by atoms with Crippen molar-refractivity contribution in [3.8, 4) is 0 Å². The van der Waals surface area contributed by atoms with Gasteiger partial charge in [-0.1, -0.05) is 38.5 Å². The number of hydrogen-bond acceptors (Lipinski definition) is 1. The Balaban J connectivity index is 0.00000196. The summed E-state index contributed by atoms with van der Waals surface area (Å²) in [5.41, 5.74) is 2.18. The Bertz CT molecular complexity index is 312. The van der Waals surface area contributed by atoms with Crippen LogP contribution in [0.3, 0.4) is 0 Å². The third-order valence-electron chi connectivity index (χ3n) is 2.13. The highest BCUT2D eigenvalue weighted by molar-refractivity contribution is 5.91. The van der Waals surface area contributed by atoms with Gasteiger partial charge in [-0.2, -0.15) is 0 Å². The number of hydrogen-bond donors (Lipinski definition) is 1. The summed E-state index contributed by atoms with van der Waals surface area (Å²) < 4.78 is 0. The second-order valence-corrected chi connectivity index (χ2v) is 3.31. The van der Waals surface area contributed by atoms with Crippen LogP contribution in [0.25, 0.3) is 0 Å². The first-order chi connectivity index (χ1) is 6.77. The van der Waals surface area contributed by atoms with Gasteiger partial charge >= 0.3 is 0 Å². The van der Waals surface area contributed by atoms with E-state index >= 15 is 0 Å². The Morgan fingerprint density at radius 1 is 1.36 bits per heavy atom. The topological polar surface area (TPSA) is 29.1 Å². The molecule has 0 aromatic heterocycles. The Labute approximate surface area is 86.8 Å². The van der Waals surface area contributed by atoms with Crippen LogP contribution in [0.4, 0.5) is 5.69 Å². The lowest BCUT2D eigenvalue weighted by Gasteiger charge is -2.09. The Kier molecular flexibility index (Phi) is 4.17. The van der Waals surface area contributed by atoms with Crippen molar-refractivity contribution < 1.29 is 6.22 Å². The molecule has 1 amide bonds. The van der Waals surface area contributed by atoms with Crippen molar-refractivity contribution in [2.24, 2.45) is 0 Å². The number of carbonyl (C=O) groups is 1. The summed E-state index contributed by atoms with van der Waals surface area (Å²) in [6.45, 7) is 4.00. The van der Waals surface area contributed by atoms with Gasteiger partial charge in [-0.05, 0) is 18.1 Å². The summed E-state index contributed by atoms with van der Waals surface area (Å²) in [5.74, 6) is 0.0774. The Morgan fingerprint density at radius 2 is 2.07 bits per heavy atom. The highest BCUT2D eigenvalue weighted by atomic mass is 16.1. The van der Waals surface area contributed by atoms with Crippen LogP contribution in [-0.2, 0) is 11.2 Å². The van der Waals surface area contributed by atoms with Gasteiger partial charge in [0.25, 0.3) is 0 Å². The molecular weight excluding hydrogens is 174 g/mol. The van der Waals surface area contributed by atoms with Gasteiger partial charge in [0.15, 0.2) is 0 Å². The molecule has 0 aliphatic carbocycles. The fourth-order valence-electron chi connectivity index (χ4n) is 1.37. The molecule has 0 fully saturated rings. The minimum atomic E-state index is 0. The normalized spacial score (nSPS) is 9.86. The number of anilines is 1. The number of carbonyl (C=O) groups excluding carboxylic acids is 1. The summed E-state index contributed by atoms with van der Waals surface area (Å²) >= 11 is 0. The van der Waals surface area contributed by atoms with Crippen molar-refractivity contribution in [1.82, 2.24) is 0 Å². The van der Waals surface area contributed by atoms with Gasteiger partial charge in [-0.3, -0.25) is 4.79 Å². The fourth-order valence-corrected chi connectivity index (χ4v) is 1.37. The quantitative estimate of drug-likeness (QED) is 0.781. The SMILES string of the molecule is CCCc1ccccc1NC(=O)CC.[HH]. The van der Waals surface area contributed by atoms with E-state index in [1.54, 1.807) is 0 Å². The van der Waals surface area contributed by atoms with Crippen molar-refractivity contribution >= 4 is 11.6 Å². The maximum Gasteiger partial charge on any atom is 0.224 e. The molecule has 0 saturated carbocycles. The van der Waals surface area contributed by atoms with Crippen LogP contribution in [0.1, 0.15) is 33.7 Å². The molecular formula is C12H19NO. The molecule has 0 radical (unpaired) electrons. The van der Waals surface area contributed by atoms with Crippen LogP contribution >= 0.6 is 0 Å². The molecule has 0 unspecified atom stereocenters.